The maximum absolute atomic E-state index is 12.2. The SMILES string of the molecule is CC(C)N1CCN(C(=O)c2ccc(N)nc2)CC1. The van der Waals surface area contributed by atoms with Crippen molar-refractivity contribution in [2.24, 2.45) is 0 Å². The van der Waals surface area contributed by atoms with Crippen LogP contribution in [0.2, 0.25) is 0 Å². The summed E-state index contributed by atoms with van der Waals surface area (Å²) >= 11 is 0. The first-order valence-corrected chi connectivity index (χ1v) is 6.33. The van der Waals surface area contributed by atoms with Crippen molar-refractivity contribution >= 4 is 11.7 Å². The van der Waals surface area contributed by atoms with Crippen LogP contribution >= 0.6 is 0 Å². The molecule has 2 N–H and O–H groups in total. The molecule has 0 radical (unpaired) electrons. The van der Waals surface area contributed by atoms with Crippen LogP contribution in [0.15, 0.2) is 18.3 Å². The van der Waals surface area contributed by atoms with Gasteiger partial charge in [0.25, 0.3) is 5.91 Å². The number of amides is 1. The highest BCUT2D eigenvalue weighted by Gasteiger charge is 2.23. The van der Waals surface area contributed by atoms with Crippen LogP contribution in [0.25, 0.3) is 0 Å². The summed E-state index contributed by atoms with van der Waals surface area (Å²) in [6.45, 7) is 7.79. The number of rotatable bonds is 2. The van der Waals surface area contributed by atoms with Crippen LogP contribution < -0.4 is 5.73 Å². The Hall–Kier alpha value is -1.62. The van der Waals surface area contributed by atoms with Gasteiger partial charge < -0.3 is 10.6 Å². The maximum Gasteiger partial charge on any atom is 0.255 e. The molecule has 1 saturated heterocycles. The standard InChI is InChI=1S/C13H20N4O/c1-10(2)16-5-7-17(8-6-16)13(18)11-3-4-12(14)15-9-11/h3-4,9-10H,5-8H2,1-2H3,(H2,14,15). The summed E-state index contributed by atoms with van der Waals surface area (Å²) in [4.78, 5) is 20.4. The molecule has 1 fully saturated rings. The third-order valence-corrected chi connectivity index (χ3v) is 3.37. The lowest BCUT2D eigenvalue weighted by Gasteiger charge is -2.36. The fraction of sp³-hybridized carbons (Fsp3) is 0.538. The number of hydrogen-bond acceptors (Lipinski definition) is 4. The molecule has 0 bridgehead atoms. The predicted molar refractivity (Wildman–Crippen MR) is 71.3 cm³/mol. The fourth-order valence-corrected chi connectivity index (χ4v) is 2.16. The average Bonchev–Trinajstić information content (AvgIpc) is 2.39. The normalized spacial score (nSPS) is 17.2. The maximum atomic E-state index is 12.2. The summed E-state index contributed by atoms with van der Waals surface area (Å²) in [6.07, 6.45) is 1.55. The molecule has 0 atom stereocenters. The Balaban J connectivity index is 1.97. The number of nitrogens with two attached hydrogens (primary N) is 1. The van der Waals surface area contributed by atoms with Crippen LogP contribution in [-0.4, -0.2) is 52.9 Å². The molecule has 1 amide bonds. The summed E-state index contributed by atoms with van der Waals surface area (Å²) in [6, 6.07) is 3.94. The molecule has 0 aliphatic carbocycles. The molecule has 1 aliphatic rings. The summed E-state index contributed by atoms with van der Waals surface area (Å²) in [5.74, 6) is 0.488. The first kappa shape index (κ1) is 12.8. The Kier molecular flexibility index (Phi) is 3.81. The summed E-state index contributed by atoms with van der Waals surface area (Å²) in [5, 5.41) is 0. The van der Waals surface area contributed by atoms with Gasteiger partial charge in [0, 0.05) is 38.4 Å². The molecule has 18 heavy (non-hydrogen) atoms. The molecular weight excluding hydrogens is 228 g/mol. The highest BCUT2D eigenvalue weighted by Crippen LogP contribution is 2.10. The highest BCUT2D eigenvalue weighted by molar-refractivity contribution is 5.94. The van der Waals surface area contributed by atoms with Crippen molar-refractivity contribution in [3.63, 3.8) is 0 Å². The number of carbonyl (C=O) groups is 1. The minimum Gasteiger partial charge on any atom is -0.384 e. The van der Waals surface area contributed by atoms with E-state index in [-0.39, 0.29) is 5.91 Å². The van der Waals surface area contributed by atoms with E-state index in [1.165, 1.54) is 0 Å². The Bertz CT molecular complexity index is 408. The second-order valence-corrected chi connectivity index (χ2v) is 4.89. The minimum absolute atomic E-state index is 0.0471. The number of nitrogens with zero attached hydrogens (tertiary/aromatic N) is 3. The van der Waals surface area contributed by atoms with Gasteiger partial charge in [-0.2, -0.15) is 0 Å². The van der Waals surface area contributed by atoms with Crippen LogP contribution in [0.3, 0.4) is 0 Å². The summed E-state index contributed by atoms with van der Waals surface area (Å²) < 4.78 is 0. The molecule has 5 heteroatoms. The Morgan fingerprint density at radius 2 is 1.94 bits per heavy atom. The molecule has 2 heterocycles. The topological polar surface area (TPSA) is 62.5 Å². The van der Waals surface area contributed by atoms with Gasteiger partial charge >= 0.3 is 0 Å². The van der Waals surface area contributed by atoms with E-state index in [1.54, 1.807) is 18.3 Å². The fourth-order valence-electron chi connectivity index (χ4n) is 2.16. The zero-order chi connectivity index (χ0) is 13.1. The minimum atomic E-state index is 0.0471. The van der Waals surface area contributed by atoms with Crippen molar-refractivity contribution in [2.45, 2.75) is 19.9 Å². The van der Waals surface area contributed by atoms with Crippen LogP contribution in [0.4, 0.5) is 5.82 Å². The Labute approximate surface area is 108 Å². The van der Waals surface area contributed by atoms with Gasteiger partial charge in [-0.15, -0.1) is 0 Å². The van der Waals surface area contributed by atoms with Gasteiger partial charge in [-0.3, -0.25) is 9.69 Å². The van der Waals surface area contributed by atoms with E-state index in [1.807, 2.05) is 4.90 Å². The predicted octanol–water partition coefficient (Wildman–Crippen LogP) is 0.830. The lowest BCUT2D eigenvalue weighted by Crippen LogP contribution is -2.50. The van der Waals surface area contributed by atoms with E-state index in [9.17, 15) is 4.79 Å². The molecule has 1 aromatic heterocycles. The van der Waals surface area contributed by atoms with Gasteiger partial charge in [0.2, 0.25) is 0 Å². The smallest absolute Gasteiger partial charge is 0.255 e. The van der Waals surface area contributed by atoms with Gasteiger partial charge in [-0.25, -0.2) is 4.98 Å². The number of aromatic nitrogens is 1. The third-order valence-electron chi connectivity index (χ3n) is 3.37. The lowest BCUT2D eigenvalue weighted by atomic mass is 10.2. The monoisotopic (exact) mass is 248 g/mol. The van der Waals surface area contributed by atoms with Crippen LogP contribution in [0, 0.1) is 0 Å². The number of hydrogen-bond donors (Lipinski definition) is 1. The van der Waals surface area contributed by atoms with E-state index in [0.717, 1.165) is 26.2 Å². The van der Waals surface area contributed by atoms with Crippen molar-refractivity contribution in [1.29, 1.82) is 0 Å². The van der Waals surface area contributed by atoms with Crippen LogP contribution in [0.5, 0.6) is 0 Å². The van der Waals surface area contributed by atoms with E-state index in [2.05, 4.69) is 23.7 Å². The first-order chi connectivity index (χ1) is 8.58. The number of pyridine rings is 1. The third kappa shape index (κ3) is 2.79. The Morgan fingerprint density at radius 1 is 1.28 bits per heavy atom. The molecule has 5 nitrogen and oxygen atoms in total. The van der Waals surface area contributed by atoms with Crippen molar-refractivity contribution in [1.82, 2.24) is 14.8 Å². The second-order valence-electron chi connectivity index (χ2n) is 4.89. The first-order valence-electron chi connectivity index (χ1n) is 6.33. The van der Waals surface area contributed by atoms with Gasteiger partial charge in [0.1, 0.15) is 5.82 Å². The Morgan fingerprint density at radius 3 is 2.44 bits per heavy atom. The van der Waals surface area contributed by atoms with E-state index in [0.29, 0.717) is 17.4 Å². The van der Waals surface area contributed by atoms with Crippen molar-refractivity contribution in [3.8, 4) is 0 Å². The zero-order valence-corrected chi connectivity index (χ0v) is 11.0. The van der Waals surface area contributed by atoms with Crippen molar-refractivity contribution < 1.29 is 4.79 Å². The molecule has 0 unspecified atom stereocenters. The van der Waals surface area contributed by atoms with Gasteiger partial charge in [-0.05, 0) is 26.0 Å². The van der Waals surface area contributed by atoms with E-state index < -0.39 is 0 Å². The lowest BCUT2D eigenvalue weighted by molar-refractivity contribution is 0.0595. The quantitative estimate of drug-likeness (QED) is 0.842. The second kappa shape index (κ2) is 5.35. The van der Waals surface area contributed by atoms with Crippen molar-refractivity contribution in [2.75, 3.05) is 31.9 Å². The number of carbonyl (C=O) groups excluding carboxylic acids is 1. The molecule has 98 valence electrons. The summed E-state index contributed by atoms with van der Waals surface area (Å²) in [7, 11) is 0. The van der Waals surface area contributed by atoms with Crippen molar-refractivity contribution in [3.05, 3.63) is 23.9 Å². The van der Waals surface area contributed by atoms with Gasteiger partial charge in [0.05, 0.1) is 5.56 Å². The van der Waals surface area contributed by atoms with Gasteiger partial charge in [0.15, 0.2) is 0 Å². The number of piperazine rings is 1. The molecule has 2 rings (SSSR count). The highest BCUT2D eigenvalue weighted by atomic mass is 16.2. The number of nitrogen functional groups attached to an aromatic ring is 1. The van der Waals surface area contributed by atoms with Crippen LogP contribution in [-0.2, 0) is 0 Å². The molecular formula is C13H20N4O. The molecule has 1 aliphatic heterocycles. The van der Waals surface area contributed by atoms with E-state index >= 15 is 0 Å². The van der Waals surface area contributed by atoms with E-state index in [4.69, 9.17) is 5.73 Å². The average molecular weight is 248 g/mol. The van der Waals surface area contributed by atoms with Crippen LogP contribution in [0.1, 0.15) is 24.2 Å². The molecule has 0 spiro atoms. The molecule has 0 saturated carbocycles. The number of anilines is 1. The molecule has 1 aromatic rings. The molecule has 0 aromatic carbocycles. The van der Waals surface area contributed by atoms with Gasteiger partial charge in [-0.1, -0.05) is 0 Å². The zero-order valence-electron chi connectivity index (χ0n) is 11.0. The summed E-state index contributed by atoms with van der Waals surface area (Å²) in [5.41, 5.74) is 6.13. The largest absolute Gasteiger partial charge is 0.384 e.